The van der Waals surface area contributed by atoms with Crippen LogP contribution in [0.4, 0.5) is 0 Å². The topological polar surface area (TPSA) is 77.8 Å². The van der Waals surface area contributed by atoms with E-state index < -0.39 is 5.97 Å². The smallest absolute Gasteiger partial charge is 0.334 e. The Balaban J connectivity index is 0.000000302. The summed E-state index contributed by atoms with van der Waals surface area (Å²) >= 11 is 0. The van der Waals surface area contributed by atoms with Gasteiger partial charge >= 0.3 is 5.97 Å². The van der Waals surface area contributed by atoms with Crippen molar-refractivity contribution in [3.8, 4) is 0 Å². The SMILES string of the molecule is C=CN1CCCC1=O.CC/C(O)=C(/C)C(=O)O. The monoisotopic (exact) mass is 241 g/mol. The third kappa shape index (κ3) is 5.19. The van der Waals surface area contributed by atoms with Crippen LogP contribution in [-0.2, 0) is 9.59 Å². The zero-order chi connectivity index (χ0) is 13.4. The molecular formula is C12H19NO4. The first-order valence-electron chi connectivity index (χ1n) is 5.48. The molecule has 0 spiro atoms. The molecule has 0 bridgehead atoms. The standard InChI is InChI=1S/C6H9NO.C6H10O3/c1-2-7-5-3-4-6(7)8;1-3-5(7)4(2)6(8)9/h2H,1,3-5H2;7H,3H2,1-2H3,(H,8,9)/b;5-4+. The second kappa shape index (κ2) is 7.49. The van der Waals surface area contributed by atoms with Crippen LogP contribution in [0.5, 0.6) is 0 Å². The first kappa shape index (κ1) is 15.2. The summed E-state index contributed by atoms with van der Waals surface area (Å²) in [5.74, 6) is -0.906. The predicted octanol–water partition coefficient (Wildman–Crippen LogP) is 2.07. The van der Waals surface area contributed by atoms with Gasteiger partial charge in [0.05, 0.1) is 5.57 Å². The van der Waals surface area contributed by atoms with Gasteiger partial charge in [0.25, 0.3) is 0 Å². The molecule has 1 heterocycles. The van der Waals surface area contributed by atoms with Gasteiger partial charge in [0, 0.05) is 19.4 Å². The fourth-order valence-corrected chi connectivity index (χ4v) is 1.25. The summed E-state index contributed by atoms with van der Waals surface area (Å²) in [7, 11) is 0. The van der Waals surface area contributed by atoms with Crippen molar-refractivity contribution in [3.63, 3.8) is 0 Å². The lowest BCUT2D eigenvalue weighted by molar-refractivity contribution is -0.132. The average molecular weight is 241 g/mol. The van der Waals surface area contributed by atoms with Gasteiger partial charge in [-0.3, -0.25) is 4.79 Å². The van der Waals surface area contributed by atoms with E-state index in [0.29, 0.717) is 12.8 Å². The van der Waals surface area contributed by atoms with Crippen LogP contribution in [0, 0.1) is 0 Å². The maximum atomic E-state index is 10.7. The Labute approximate surface area is 101 Å². The van der Waals surface area contributed by atoms with Crippen LogP contribution in [-0.4, -0.2) is 33.5 Å². The van der Waals surface area contributed by atoms with Crippen LogP contribution in [0.15, 0.2) is 24.1 Å². The first-order valence-corrected chi connectivity index (χ1v) is 5.48. The number of amides is 1. The molecule has 0 unspecified atom stereocenters. The van der Waals surface area contributed by atoms with Gasteiger partial charge in [-0.15, -0.1) is 0 Å². The summed E-state index contributed by atoms with van der Waals surface area (Å²) in [4.78, 5) is 22.4. The third-order valence-corrected chi connectivity index (χ3v) is 2.42. The van der Waals surface area contributed by atoms with Gasteiger partial charge in [0.15, 0.2) is 0 Å². The summed E-state index contributed by atoms with van der Waals surface area (Å²) in [5.41, 5.74) is 0.0255. The molecule has 0 atom stereocenters. The molecule has 0 radical (unpaired) electrons. The summed E-state index contributed by atoms with van der Waals surface area (Å²) < 4.78 is 0. The van der Waals surface area contributed by atoms with E-state index in [1.54, 1.807) is 18.0 Å². The Morgan fingerprint density at radius 2 is 2.12 bits per heavy atom. The molecule has 96 valence electrons. The zero-order valence-corrected chi connectivity index (χ0v) is 10.3. The summed E-state index contributed by atoms with van der Waals surface area (Å²) in [6, 6.07) is 0. The summed E-state index contributed by atoms with van der Waals surface area (Å²) in [5, 5.41) is 17.1. The number of aliphatic hydroxyl groups excluding tert-OH is 1. The highest BCUT2D eigenvalue weighted by atomic mass is 16.4. The molecule has 1 amide bonds. The van der Waals surface area contributed by atoms with Crippen molar-refractivity contribution in [2.75, 3.05) is 6.54 Å². The Hall–Kier alpha value is -1.78. The number of carbonyl (C=O) groups is 2. The number of hydrogen-bond acceptors (Lipinski definition) is 3. The lowest BCUT2D eigenvalue weighted by Crippen LogP contribution is -2.16. The number of carboxylic acids is 1. The fourth-order valence-electron chi connectivity index (χ4n) is 1.25. The van der Waals surface area contributed by atoms with Gasteiger partial charge in [-0.05, 0) is 19.5 Å². The van der Waals surface area contributed by atoms with E-state index in [0.717, 1.165) is 13.0 Å². The zero-order valence-electron chi connectivity index (χ0n) is 10.3. The Morgan fingerprint density at radius 3 is 2.29 bits per heavy atom. The highest BCUT2D eigenvalue weighted by Gasteiger charge is 2.15. The molecule has 1 rings (SSSR count). The van der Waals surface area contributed by atoms with Crippen LogP contribution in [0.1, 0.15) is 33.1 Å². The van der Waals surface area contributed by atoms with Crippen LogP contribution >= 0.6 is 0 Å². The van der Waals surface area contributed by atoms with Crippen LogP contribution in [0.25, 0.3) is 0 Å². The number of nitrogens with zero attached hydrogens (tertiary/aromatic N) is 1. The predicted molar refractivity (Wildman–Crippen MR) is 64.4 cm³/mol. The van der Waals surface area contributed by atoms with E-state index in [-0.39, 0.29) is 17.2 Å². The molecule has 0 aromatic rings. The first-order chi connectivity index (χ1) is 7.93. The molecule has 5 nitrogen and oxygen atoms in total. The van der Waals surface area contributed by atoms with Crippen LogP contribution in [0.2, 0.25) is 0 Å². The van der Waals surface area contributed by atoms with E-state index >= 15 is 0 Å². The maximum Gasteiger partial charge on any atom is 0.334 e. The van der Waals surface area contributed by atoms with E-state index in [9.17, 15) is 9.59 Å². The van der Waals surface area contributed by atoms with E-state index in [4.69, 9.17) is 10.2 Å². The molecule has 1 fully saturated rings. The van der Waals surface area contributed by atoms with Crippen LogP contribution < -0.4 is 0 Å². The molecule has 1 saturated heterocycles. The van der Waals surface area contributed by atoms with Gasteiger partial charge in [-0.1, -0.05) is 13.5 Å². The van der Waals surface area contributed by atoms with Crippen molar-refractivity contribution in [1.82, 2.24) is 4.90 Å². The van der Waals surface area contributed by atoms with Gasteiger partial charge < -0.3 is 15.1 Å². The normalized spacial score (nSPS) is 15.9. The third-order valence-electron chi connectivity index (χ3n) is 2.42. The molecule has 2 N–H and O–H groups in total. The largest absolute Gasteiger partial charge is 0.512 e. The number of likely N-dealkylation sites (tertiary alicyclic amines) is 1. The van der Waals surface area contributed by atoms with Crippen molar-refractivity contribution < 1.29 is 19.8 Å². The fraction of sp³-hybridized carbons (Fsp3) is 0.500. The molecular weight excluding hydrogens is 222 g/mol. The summed E-state index contributed by atoms with van der Waals surface area (Å²) in [6.07, 6.45) is 3.66. The van der Waals surface area contributed by atoms with Crippen LogP contribution in [0.3, 0.4) is 0 Å². The minimum Gasteiger partial charge on any atom is -0.512 e. The Bertz CT molecular complexity index is 333. The molecule has 0 aromatic carbocycles. The number of carbonyl (C=O) groups excluding carboxylic acids is 1. The van der Waals surface area contributed by atoms with Crippen molar-refractivity contribution in [2.24, 2.45) is 0 Å². The number of rotatable bonds is 3. The number of allylic oxidation sites excluding steroid dienone is 1. The van der Waals surface area contributed by atoms with Crippen molar-refractivity contribution in [1.29, 1.82) is 0 Å². The van der Waals surface area contributed by atoms with Crippen molar-refractivity contribution >= 4 is 11.9 Å². The highest BCUT2D eigenvalue weighted by molar-refractivity contribution is 5.86. The van der Waals surface area contributed by atoms with Gasteiger partial charge in [0.1, 0.15) is 5.76 Å². The molecule has 1 aliphatic rings. The molecule has 1 aliphatic heterocycles. The molecule has 0 aliphatic carbocycles. The van der Waals surface area contributed by atoms with Gasteiger partial charge in [-0.2, -0.15) is 0 Å². The van der Waals surface area contributed by atoms with Crippen molar-refractivity contribution in [3.05, 3.63) is 24.1 Å². The molecule has 0 saturated carbocycles. The second-order valence-corrected chi connectivity index (χ2v) is 3.60. The molecule has 0 aromatic heterocycles. The Morgan fingerprint density at radius 1 is 1.53 bits per heavy atom. The quantitative estimate of drug-likeness (QED) is 0.585. The lowest BCUT2D eigenvalue weighted by atomic mass is 10.2. The van der Waals surface area contributed by atoms with E-state index in [2.05, 4.69) is 6.58 Å². The van der Waals surface area contributed by atoms with E-state index in [1.807, 2.05) is 0 Å². The Kier molecular flexibility index (Phi) is 6.70. The summed E-state index contributed by atoms with van der Waals surface area (Å²) in [6.45, 7) is 7.43. The molecule has 5 heteroatoms. The number of carboxylic acid groups (broad SMARTS) is 1. The average Bonchev–Trinajstić information content (AvgIpc) is 2.73. The van der Waals surface area contributed by atoms with E-state index in [1.165, 1.54) is 6.92 Å². The minimum atomic E-state index is -1.06. The number of aliphatic carboxylic acids is 1. The highest BCUT2D eigenvalue weighted by Crippen LogP contribution is 2.08. The number of aliphatic hydroxyl groups is 1. The second-order valence-electron chi connectivity index (χ2n) is 3.60. The van der Waals surface area contributed by atoms with Gasteiger partial charge in [-0.25, -0.2) is 4.79 Å². The molecule has 17 heavy (non-hydrogen) atoms. The van der Waals surface area contributed by atoms with Crippen molar-refractivity contribution in [2.45, 2.75) is 33.1 Å². The lowest BCUT2D eigenvalue weighted by Gasteiger charge is -2.05. The maximum absolute atomic E-state index is 10.7. The van der Waals surface area contributed by atoms with Gasteiger partial charge in [0.2, 0.25) is 5.91 Å². The number of hydrogen-bond donors (Lipinski definition) is 2. The minimum absolute atomic E-state index is 0.0255.